The van der Waals surface area contributed by atoms with Gasteiger partial charge in [0.05, 0.1) is 6.10 Å². The molecule has 3 heteroatoms. The fraction of sp³-hybridized carbons (Fsp3) is 0.438. The van der Waals surface area contributed by atoms with E-state index in [1.54, 1.807) is 6.92 Å². The Hall–Kier alpha value is -1.06. The summed E-state index contributed by atoms with van der Waals surface area (Å²) in [6.07, 6.45) is 1.73. The number of carbonyl (C=O) groups excluding carboxylic acids is 1. The molecular formula is C16H22O2S. The van der Waals surface area contributed by atoms with Gasteiger partial charge >= 0.3 is 0 Å². The number of hydrogen-bond acceptors (Lipinski definition) is 3. The smallest absolute Gasteiger partial charge is 0.215 e. The molecule has 0 saturated carbocycles. The van der Waals surface area contributed by atoms with Gasteiger partial charge in [0.2, 0.25) is 5.12 Å². The van der Waals surface area contributed by atoms with Gasteiger partial charge in [0, 0.05) is 4.75 Å². The van der Waals surface area contributed by atoms with Crippen LogP contribution in [0.4, 0.5) is 0 Å². The molecule has 0 fully saturated rings. The van der Waals surface area contributed by atoms with Crippen LogP contribution < -0.4 is 0 Å². The highest BCUT2D eigenvalue weighted by molar-refractivity contribution is 8.15. The molecule has 0 aromatic heterocycles. The van der Waals surface area contributed by atoms with Crippen molar-refractivity contribution in [2.24, 2.45) is 0 Å². The van der Waals surface area contributed by atoms with E-state index in [4.69, 9.17) is 0 Å². The maximum atomic E-state index is 11.9. The van der Waals surface area contributed by atoms with Gasteiger partial charge in [-0.3, -0.25) is 4.79 Å². The van der Waals surface area contributed by atoms with Crippen molar-refractivity contribution in [2.75, 3.05) is 0 Å². The highest BCUT2D eigenvalue weighted by Crippen LogP contribution is 2.27. The van der Waals surface area contributed by atoms with Gasteiger partial charge in [-0.1, -0.05) is 68.9 Å². The van der Waals surface area contributed by atoms with Crippen molar-refractivity contribution in [1.29, 1.82) is 0 Å². The van der Waals surface area contributed by atoms with Crippen molar-refractivity contribution in [2.45, 2.75) is 45.0 Å². The van der Waals surface area contributed by atoms with Crippen LogP contribution in [-0.2, 0) is 4.79 Å². The van der Waals surface area contributed by atoms with E-state index in [9.17, 15) is 9.90 Å². The van der Waals surface area contributed by atoms with Crippen LogP contribution in [0.1, 0.15) is 45.8 Å². The maximum absolute atomic E-state index is 11.9. The van der Waals surface area contributed by atoms with E-state index in [0.717, 1.165) is 5.56 Å². The molecule has 0 radical (unpaired) electrons. The Labute approximate surface area is 119 Å². The molecule has 0 unspecified atom stereocenters. The third-order valence-electron chi connectivity index (χ3n) is 2.55. The quantitative estimate of drug-likeness (QED) is 0.842. The average molecular weight is 278 g/mol. The van der Waals surface area contributed by atoms with Gasteiger partial charge in [-0.25, -0.2) is 0 Å². The molecule has 104 valence electrons. The van der Waals surface area contributed by atoms with Crippen LogP contribution in [-0.4, -0.2) is 15.0 Å². The first-order chi connectivity index (χ1) is 8.79. The van der Waals surface area contributed by atoms with Crippen molar-refractivity contribution in [3.05, 3.63) is 47.5 Å². The summed E-state index contributed by atoms with van der Waals surface area (Å²) in [6.45, 7) is 7.85. The predicted octanol–water partition coefficient (Wildman–Crippen LogP) is 4.11. The Bertz CT molecular complexity index is 444. The van der Waals surface area contributed by atoms with E-state index in [1.165, 1.54) is 11.8 Å². The molecular weight excluding hydrogens is 256 g/mol. The van der Waals surface area contributed by atoms with Crippen LogP contribution in [0, 0.1) is 0 Å². The molecule has 1 atom stereocenters. The second kappa shape index (κ2) is 6.92. The van der Waals surface area contributed by atoms with E-state index in [2.05, 4.69) is 0 Å². The molecule has 1 aromatic rings. The number of aliphatic hydroxyl groups is 1. The summed E-state index contributed by atoms with van der Waals surface area (Å²) in [6, 6.07) is 9.49. The zero-order valence-electron chi connectivity index (χ0n) is 12.0. The van der Waals surface area contributed by atoms with Crippen LogP contribution in [0.3, 0.4) is 0 Å². The largest absolute Gasteiger partial charge is 0.388 e. The molecule has 0 saturated heterocycles. The molecule has 0 aliphatic heterocycles. The molecule has 1 N–H and O–H groups in total. The first kappa shape index (κ1) is 16.0. The van der Waals surface area contributed by atoms with Crippen molar-refractivity contribution in [3.63, 3.8) is 0 Å². The van der Waals surface area contributed by atoms with Crippen LogP contribution in [0.25, 0.3) is 0 Å². The number of rotatable bonds is 4. The minimum absolute atomic E-state index is 0.0766. The van der Waals surface area contributed by atoms with Gasteiger partial charge < -0.3 is 5.11 Å². The van der Waals surface area contributed by atoms with E-state index in [1.807, 2.05) is 57.2 Å². The molecule has 2 nitrogen and oxygen atoms in total. The molecule has 19 heavy (non-hydrogen) atoms. The normalized spacial score (nSPS) is 14.3. The van der Waals surface area contributed by atoms with Crippen LogP contribution in [0.5, 0.6) is 0 Å². The summed E-state index contributed by atoms with van der Waals surface area (Å²) in [7, 11) is 0. The van der Waals surface area contributed by atoms with Gasteiger partial charge in [0.25, 0.3) is 0 Å². The lowest BCUT2D eigenvalue weighted by atomic mass is 10.1. The average Bonchev–Trinajstić information content (AvgIpc) is 2.34. The molecule has 0 spiro atoms. The topological polar surface area (TPSA) is 37.3 Å². The summed E-state index contributed by atoms with van der Waals surface area (Å²) in [5.41, 5.74) is 1.58. The summed E-state index contributed by atoms with van der Waals surface area (Å²) in [4.78, 5) is 11.9. The van der Waals surface area contributed by atoms with E-state index < -0.39 is 6.10 Å². The van der Waals surface area contributed by atoms with Crippen LogP contribution >= 0.6 is 11.8 Å². The Morgan fingerprint density at radius 2 is 1.89 bits per heavy atom. The van der Waals surface area contributed by atoms with E-state index in [-0.39, 0.29) is 9.86 Å². The molecule has 0 bridgehead atoms. The summed E-state index contributed by atoms with van der Waals surface area (Å²) in [5, 5.41) is 10.1. The summed E-state index contributed by atoms with van der Waals surface area (Å²) in [5.74, 6) is 0. The monoisotopic (exact) mass is 278 g/mol. The molecule has 0 amide bonds. The number of thioether (sulfide) groups is 1. The van der Waals surface area contributed by atoms with Gasteiger partial charge in [0.15, 0.2) is 0 Å². The standard InChI is InChI=1S/C16H22O2S/c1-12(15(18)19-16(2,3)4)10-11-14(17)13-8-6-5-7-9-13/h5-10,14,17H,11H2,1-4H3/b12-10+/t14-/m1/s1. The first-order valence-electron chi connectivity index (χ1n) is 6.43. The number of aliphatic hydroxyl groups excluding tert-OH is 1. The Kier molecular flexibility index (Phi) is 5.83. The van der Waals surface area contributed by atoms with Crippen molar-refractivity contribution >= 4 is 16.9 Å². The second-order valence-electron chi connectivity index (χ2n) is 5.55. The number of hydrogen-bond donors (Lipinski definition) is 1. The predicted molar refractivity (Wildman–Crippen MR) is 82.1 cm³/mol. The number of benzene rings is 1. The van der Waals surface area contributed by atoms with Crippen LogP contribution in [0.15, 0.2) is 42.0 Å². The first-order valence-corrected chi connectivity index (χ1v) is 7.24. The third-order valence-corrected chi connectivity index (χ3v) is 3.67. The Morgan fingerprint density at radius 3 is 2.42 bits per heavy atom. The molecule has 1 rings (SSSR count). The fourth-order valence-corrected chi connectivity index (χ4v) is 2.34. The van der Waals surface area contributed by atoms with Crippen LogP contribution in [0.2, 0.25) is 0 Å². The lowest BCUT2D eigenvalue weighted by molar-refractivity contribution is -0.107. The molecule has 0 aliphatic carbocycles. The lowest BCUT2D eigenvalue weighted by Gasteiger charge is -2.16. The highest BCUT2D eigenvalue weighted by atomic mass is 32.2. The van der Waals surface area contributed by atoms with Crippen molar-refractivity contribution in [1.82, 2.24) is 0 Å². The lowest BCUT2D eigenvalue weighted by Crippen LogP contribution is -2.12. The van der Waals surface area contributed by atoms with E-state index >= 15 is 0 Å². The maximum Gasteiger partial charge on any atom is 0.215 e. The zero-order chi connectivity index (χ0) is 14.5. The molecule has 0 aliphatic rings. The molecule has 1 aromatic carbocycles. The minimum Gasteiger partial charge on any atom is -0.388 e. The molecule has 0 heterocycles. The van der Waals surface area contributed by atoms with Crippen molar-refractivity contribution in [3.8, 4) is 0 Å². The van der Waals surface area contributed by atoms with Crippen molar-refractivity contribution < 1.29 is 9.90 Å². The summed E-state index contributed by atoms with van der Waals surface area (Å²) < 4.78 is -0.0791. The zero-order valence-corrected chi connectivity index (χ0v) is 12.8. The Morgan fingerprint density at radius 1 is 1.32 bits per heavy atom. The van der Waals surface area contributed by atoms with E-state index in [0.29, 0.717) is 12.0 Å². The summed E-state index contributed by atoms with van der Waals surface area (Å²) >= 11 is 1.32. The van der Waals surface area contributed by atoms with Gasteiger partial charge in [-0.05, 0) is 24.5 Å². The minimum atomic E-state index is -0.552. The fourth-order valence-electron chi connectivity index (χ4n) is 1.54. The second-order valence-corrected chi connectivity index (χ2v) is 7.35. The van der Waals surface area contributed by atoms with Gasteiger partial charge in [0.1, 0.15) is 0 Å². The number of carbonyl (C=O) groups is 1. The van der Waals surface area contributed by atoms with Gasteiger partial charge in [-0.2, -0.15) is 0 Å². The Balaban J connectivity index is 2.59. The highest BCUT2D eigenvalue weighted by Gasteiger charge is 2.17. The third kappa shape index (κ3) is 6.08. The van der Waals surface area contributed by atoms with Gasteiger partial charge in [-0.15, -0.1) is 0 Å². The SMILES string of the molecule is C/C(=C\C[C@@H](O)c1ccccc1)C(=O)SC(C)(C)C.